The van der Waals surface area contributed by atoms with Crippen LogP contribution in [-0.4, -0.2) is 16.1 Å². The summed E-state index contributed by atoms with van der Waals surface area (Å²) in [7, 11) is 0. The van der Waals surface area contributed by atoms with E-state index in [9.17, 15) is 4.79 Å². The Morgan fingerprint density at radius 3 is 2.59 bits per heavy atom. The van der Waals surface area contributed by atoms with Crippen LogP contribution in [0.15, 0.2) is 78.2 Å². The third kappa shape index (κ3) is 5.37. The number of aromatic nitrogens is 2. The lowest BCUT2D eigenvalue weighted by molar-refractivity contribution is -0.111. The molecule has 0 atom stereocenters. The number of thiophene rings is 1. The summed E-state index contributed by atoms with van der Waals surface area (Å²) in [5, 5.41) is 14.1. The van der Waals surface area contributed by atoms with Crippen molar-refractivity contribution in [1.29, 1.82) is 0 Å². The lowest BCUT2D eigenvalue weighted by Crippen LogP contribution is -2.07. The lowest BCUT2D eigenvalue weighted by Gasteiger charge is -2.06. The summed E-state index contributed by atoms with van der Waals surface area (Å²) in [5.74, 6) is 0.536. The van der Waals surface area contributed by atoms with Crippen LogP contribution in [0.1, 0.15) is 11.1 Å². The third-order valence-electron chi connectivity index (χ3n) is 3.94. The number of carbonyl (C=O) groups excluding carboxylic acids is 1. The van der Waals surface area contributed by atoms with E-state index < -0.39 is 0 Å². The number of hydrogen-bond acceptors (Lipinski definition) is 6. The number of nitrogens with one attached hydrogen (secondary N) is 1. The summed E-state index contributed by atoms with van der Waals surface area (Å²) < 4.78 is 5.77. The van der Waals surface area contributed by atoms with E-state index in [0.717, 1.165) is 26.8 Å². The first-order valence-corrected chi connectivity index (χ1v) is 10.6. The SMILES string of the molecule is O=C(/C=C/c1ccc(OCc2ccccc2)cc1)Nc1nnc(-c2cccs2)s1. The second-order valence-corrected chi connectivity index (χ2v) is 7.98. The quantitative estimate of drug-likeness (QED) is 0.402. The molecule has 4 aromatic rings. The summed E-state index contributed by atoms with van der Waals surface area (Å²) in [6, 6.07) is 21.5. The van der Waals surface area contributed by atoms with E-state index in [1.54, 1.807) is 17.4 Å². The maximum Gasteiger partial charge on any atom is 0.250 e. The van der Waals surface area contributed by atoms with Crippen LogP contribution in [0.5, 0.6) is 5.75 Å². The highest BCUT2D eigenvalue weighted by Crippen LogP contribution is 2.29. The maximum atomic E-state index is 12.1. The Balaban J connectivity index is 1.30. The van der Waals surface area contributed by atoms with Gasteiger partial charge in [-0.05, 0) is 40.8 Å². The Kier molecular flexibility index (Phi) is 6.09. The van der Waals surface area contributed by atoms with Crippen LogP contribution in [0, 0.1) is 0 Å². The largest absolute Gasteiger partial charge is 0.489 e. The zero-order valence-electron chi connectivity index (χ0n) is 15.3. The Morgan fingerprint density at radius 2 is 1.83 bits per heavy atom. The molecule has 0 bridgehead atoms. The Hall–Kier alpha value is -3.29. The van der Waals surface area contributed by atoms with Crippen molar-refractivity contribution < 1.29 is 9.53 Å². The minimum absolute atomic E-state index is 0.247. The molecule has 0 fully saturated rings. The number of ether oxygens (including phenoxy) is 1. The number of carbonyl (C=O) groups is 1. The zero-order valence-corrected chi connectivity index (χ0v) is 17.0. The molecule has 7 heteroatoms. The Morgan fingerprint density at radius 1 is 1.00 bits per heavy atom. The molecule has 0 aliphatic rings. The minimum atomic E-state index is -0.247. The summed E-state index contributed by atoms with van der Waals surface area (Å²) in [5.41, 5.74) is 2.02. The van der Waals surface area contributed by atoms with Gasteiger partial charge in [-0.1, -0.05) is 59.9 Å². The van der Waals surface area contributed by atoms with Crippen LogP contribution in [0.4, 0.5) is 5.13 Å². The van der Waals surface area contributed by atoms with E-state index in [0.29, 0.717) is 11.7 Å². The van der Waals surface area contributed by atoms with Crippen molar-refractivity contribution >= 4 is 39.8 Å². The minimum Gasteiger partial charge on any atom is -0.489 e. The van der Waals surface area contributed by atoms with E-state index in [1.807, 2.05) is 72.1 Å². The van der Waals surface area contributed by atoms with Crippen molar-refractivity contribution in [2.45, 2.75) is 6.61 Å². The summed E-state index contributed by atoms with van der Waals surface area (Å²) in [6.07, 6.45) is 3.23. The van der Waals surface area contributed by atoms with Gasteiger partial charge in [0.1, 0.15) is 12.4 Å². The average molecular weight is 420 g/mol. The van der Waals surface area contributed by atoms with Crippen molar-refractivity contribution in [2.75, 3.05) is 5.32 Å². The molecule has 4 rings (SSSR count). The smallest absolute Gasteiger partial charge is 0.250 e. The summed E-state index contributed by atoms with van der Waals surface area (Å²) >= 11 is 2.94. The molecule has 2 aromatic heterocycles. The van der Waals surface area contributed by atoms with Gasteiger partial charge in [0.25, 0.3) is 0 Å². The maximum absolute atomic E-state index is 12.1. The molecule has 0 radical (unpaired) electrons. The predicted molar refractivity (Wildman–Crippen MR) is 118 cm³/mol. The van der Waals surface area contributed by atoms with Gasteiger partial charge in [-0.2, -0.15) is 0 Å². The van der Waals surface area contributed by atoms with Crippen LogP contribution in [0.25, 0.3) is 16.0 Å². The van der Waals surface area contributed by atoms with Gasteiger partial charge in [0.05, 0.1) is 4.88 Å². The van der Waals surface area contributed by atoms with E-state index in [4.69, 9.17) is 4.74 Å². The van der Waals surface area contributed by atoms with Gasteiger partial charge < -0.3 is 4.74 Å². The molecule has 0 aliphatic heterocycles. The van der Waals surface area contributed by atoms with Crippen LogP contribution in [0.3, 0.4) is 0 Å². The zero-order chi connectivity index (χ0) is 19.9. The lowest BCUT2D eigenvalue weighted by atomic mass is 10.2. The number of nitrogens with zero attached hydrogens (tertiary/aromatic N) is 2. The monoisotopic (exact) mass is 419 g/mol. The van der Waals surface area contributed by atoms with E-state index in [-0.39, 0.29) is 5.91 Å². The van der Waals surface area contributed by atoms with Crippen molar-refractivity contribution in [2.24, 2.45) is 0 Å². The van der Waals surface area contributed by atoms with Gasteiger partial charge in [-0.15, -0.1) is 21.5 Å². The molecular formula is C22H17N3O2S2. The molecular weight excluding hydrogens is 402 g/mol. The number of rotatable bonds is 7. The van der Waals surface area contributed by atoms with Crippen molar-refractivity contribution in [3.8, 4) is 15.6 Å². The van der Waals surface area contributed by atoms with Gasteiger partial charge in [-0.3, -0.25) is 10.1 Å². The van der Waals surface area contributed by atoms with Gasteiger partial charge in [-0.25, -0.2) is 0 Å². The fraction of sp³-hybridized carbons (Fsp3) is 0.0455. The standard InChI is InChI=1S/C22H17N3O2S2/c26-20(23-22-25-24-21(29-22)19-7-4-14-28-19)13-10-16-8-11-18(12-9-16)27-15-17-5-2-1-3-6-17/h1-14H,15H2,(H,23,25,26)/b13-10+. The van der Waals surface area contributed by atoms with Crippen molar-refractivity contribution in [3.05, 3.63) is 89.3 Å². The first-order valence-electron chi connectivity index (χ1n) is 8.89. The fourth-order valence-electron chi connectivity index (χ4n) is 2.51. The van der Waals surface area contributed by atoms with E-state index in [1.165, 1.54) is 17.4 Å². The van der Waals surface area contributed by atoms with Gasteiger partial charge in [0.15, 0.2) is 5.01 Å². The molecule has 0 saturated carbocycles. The molecule has 0 saturated heterocycles. The topological polar surface area (TPSA) is 64.1 Å². The van der Waals surface area contributed by atoms with E-state index >= 15 is 0 Å². The van der Waals surface area contributed by atoms with Crippen LogP contribution < -0.4 is 10.1 Å². The molecule has 144 valence electrons. The van der Waals surface area contributed by atoms with Gasteiger partial charge in [0, 0.05) is 6.08 Å². The molecule has 0 aliphatic carbocycles. The molecule has 1 N–H and O–H groups in total. The third-order valence-corrected chi connectivity index (χ3v) is 5.82. The second kappa shape index (κ2) is 9.27. The highest BCUT2D eigenvalue weighted by molar-refractivity contribution is 7.23. The number of hydrogen-bond donors (Lipinski definition) is 1. The molecule has 2 heterocycles. The Labute approximate surface area is 176 Å². The fourth-order valence-corrected chi connectivity index (χ4v) is 4.05. The van der Waals surface area contributed by atoms with Crippen molar-refractivity contribution in [3.63, 3.8) is 0 Å². The van der Waals surface area contributed by atoms with Gasteiger partial charge >= 0.3 is 0 Å². The second-order valence-electron chi connectivity index (χ2n) is 6.06. The molecule has 1 amide bonds. The predicted octanol–water partition coefficient (Wildman–Crippen LogP) is 5.50. The first kappa shape index (κ1) is 19.0. The molecule has 29 heavy (non-hydrogen) atoms. The summed E-state index contributed by atoms with van der Waals surface area (Å²) in [6.45, 7) is 0.522. The average Bonchev–Trinajstić information content (AvgIpc) is 3.44. The Bertz CT molecular complexity index is 1090. The molecule has 2 aromatic carbocycles. The summed E-state index contributed by atoms with van der Waals surface area (Å²) in [4.78, 5) is 13.2. The highest BCUT2D eigenvalue weighted by atomic mass is 32.1. The van der Waals surface area contributed by atoms with Crippen molar-refractivity contribution in [1.82, 2.24) is 10.2 Å². The molecule has 0 unspecified atom stereocenters. The van der Waals surface area contributed by atoms with E-state index in [2.05, 4.69) is 15.5 Å². The molecule has 0 spiro atoms. The normalized spacial score (nSPS) is 10.9. The number of anilines is 1. The van der Waals surface area contributed by atoms with Gasteiger partial charge in [0.2, 0.25) is 11.0 Å². The molecule has 5 nitrogen and oxygen atoms in total. The first-order chi connectivity index (χ1) is 14.3. The highest BCUT2D eigenvalue weighted by Gasteiger charge is 2.08. The number of amides is 1. The van der Waals surface area contributed by atoms with Crippen LogP contribution in [-0.2, 0) is 11.4 Å². The van der Waals surface area contributed by atoms with Crippen LogP contribution >= 0.6 is 22.7 Å². The van der Waals surface area contributed by atoms with Crippen LogP contribution in [0.2, 0.25) is 0 Å². The number of benzene rings is 2.